The number of rotatable bonds is 3. The zero-order valence-electron chi connectivity index (χ0n) is 6.47. The molecule has 1 rings (SSSR count). The van der Waals surface area contributed by atoms with E-state index >= 15 is 0 Å². The summed E-state index contributed by atoms with van der Waals surface area (Å²) < 4.78 is 0. The Kier molecular flexibility index (Phi) is 3.33. The van der Waals surface area contributed by atoms with Crippen molar-refractivity contribution in [1.29, 1.82) is 0 Å². The topological polar surface area (TPSA) is 24.9 Å². The Morgan fingerprint density at radius 3 is 3.09 bits per heavy atom. The monoisotopic (exact) mass is 170 g/mol. The van der Waals surface area contributed by atoms with Gasteiger partial charge < -0.3 is 5.32 Å². The SMILES string of the molecule is CNCCc1ccncc1Cl. The predicted molar refractivity (Wildman–Crippen MR) is 46.9 cm³/mol. The maximum atomic E-state index is 5.87. The van der Waals surface area contributed by atoms with Gasteiger partial charge in [0.1, 0.15) is 0 Å². The first kappa shape index (κ1) is 8.50. The van der Waals surface area contributed by atoms with Crippen molar-refractivity contribution in [3.8, 4) is 0 Å². The molecular formula is C8H11ClN2. The summed E-state index contributed by atoms with van der Waals surface area (Å²) in [5.74, 6) is 0. The summed E-state index contributed by atoms with van der Waals surface area (Å²) in [6.07, 6.45) is 4.39. The third kappa shape index (κ3) is 2.48. The van der Waals surface area contributed by atoms with E-state index in [-0.39, 0.29) is 0 Å². The first-order chi connectivity index (χ1) is 5.34. The Morgan fingerprint density at radius 2 is 2.45 bits per heavy atom. The first-order valence-electron chi connectivity index (χ1n) is 3.57. The fraction of sp³-hybridized carbons (Fsp3) is 0.375. The summed E-state index contributed by atoms with van der Waals surface area (Å²) in [6, 6.07) is 1.94. The Morgan fingerprint density at radius 1 is 1.64 bits per heavy atom. The standard InChI is InChI=1S/C8H11ClN2/c1-10-4-2-7-3-5-11-6-8(7)9/h3,5-6,10H,2,4H2,1H3. The smallest absolute Gasteiger partial charge is 0.0621 e. The van der Waals surface area contributed by atoms with Crippen LogP contribution in [0.3, 0.4) is 0 Å². The highest BCUT2D eigenvalue weighted by atomic mass is 35.5. The average molecular weight is 171 g/mol. The Hall–Kier alpha value is -0.600. The molecular weight excluding hydrogens is 160 g/mol. The van der Waals surface area contributed by atoms with Crippen molar-refractivity contribution in [1.82, 2.24) is 10.3 Å². The van der Waals surface area contributed by atoms with Gasteiger partial charge in [-0.2, -0.15) is 0 Å². The van der Waals surface area contributed by atoms with Gasteiger partial charge in [0.2, 0.25) is 0 Å². The molecule has 0 bridgehead atoms. The largest absolute Gasteiger partial charge is 0.319 e. The van der Waals surface area contributed by atoms with Crippen molar-refractivity contribution in [3.63, 3.8) is 0 Å². The molecule has 0 radical (unpaired) electrons. The molecule has 0 spiro atoms. The number of likely N-dealkylation sites (N-methyl/N-ethyl adjacent to an activating group) is 1. The normalized spacial score (nSPS) is 10.0. The lowest BCUT2D eigenvalue weighted by Gasteiger charge is -2.01. The molecule has 0 fully saturated rings. The minimum absolute atomic E-state index is 0.753. The molecule has 0 unspecified atom stereocenters. The van der Waals surface area contributed by atoms with E-state index in [0.29, 0.717) is 0 Å². The molecule has 0 aliphatic heterocycles. The molecule has 2 nitrogen and oxygen atoms in total. The van der Waals surface area contributed by atoms with E-state index in [0.717, 1.165) is 23.6 Å². The van der Waals surface area contributed by atoms with Gasteiger partial charge in [0.15, 0.2) is 0 Å². The minimum atomic E-state index is 0.753. The molecule has 3 heteroatoms. The van der Waals surface area contributed by atoms with Crippen LogP contribution in [0.1, 0.15) is 5.56 Å². The van der Waals surface area contributed by atoms with Crippen LogP contribution in [0.15, 0.2) is 18.5 Å². The fourth-order valence-corrected chi connectivity index (χ4v) is 1.08. The molecule has 11 heavy (non-hydrogen) atoms. The second kappa shape index (κ2) is 4.31. The van der Waals surface area contributed by atoms with Crippen LogP contribution in [-0.2, 0) is 6.42 Å². The van der Waals surface area contributed by atoms with E-state index in [4.69, 9.17) is 11.6 Å². The molecule has 0 aliphatic carbocycles. The maximum absolute atomic E-state index is 5.87. The number of pyridine rings is 1. The fourth-order valence-electron chi connectivity index (χ4n) is 0.866. The quantitative estimate of drug-likeness (QED) is 0.744. The van der Waals surface area contributed by atoms with Crippen LogP contribution >= 0.6 is 11.6 Å². The van der Waals surface area contributed by atoms with Crippen LogP contribution < -0.4 is 5.32 Å². The Labute approximate surface area is 71.6 Å². The summed E-state index contributed by atoms with van der Waals surface area (Å²) >= 11 is 5.87. The summed E-state index contributed by atoms with van der Waals surface area (Å²) in [4.78, 5) is 3.90. The summed E-state index contributed by atoms with van der Waals surface area (Å²) in [5, 5.41) is 3.82. The average Bonchev–Trinajstić information content (AvgIpc) is 2.03. The van der Waals surface area contributed by atoms with Crippen LogP contribution in [0.5, 0.6) is 0 Å². The molecule has 0 amide bonds. The minimum Gasteiger partial charge on any atom is -0.319 e. The number of hydrogen-bond acceptors (Lipinski definition) is 2. The lowest BCUT2D eigenvalue weighted by Crippen LogP contribution is -2.10. The van der Waals surface area contributed by atoms with E-state index < -0.39 is 0 Å². The van der Waals surface area contributed by atoms with Crippen molar-refractivity contribution in [2.24, 2.45) is 0 Å². The van der Waals surface area contributed by atoms with Gasteiger partial charge in [-0.25, -0.2) is 0 Å². The molecule has 0 aliphatic rings. The highest BCUT2D eigenvalue weighted by Gasteiger charge is 1.96. The molecule has 0 saturated heterocycles. The predicted octanol–water partition coefficient (Wildman–Crippen LogP) is 1.50. The van der Waals surface area contributed by atoms with Crippen LogP contribution in [-0.4, -0.2) is 18.6 Å². The third-order valence-electron chi connectivity index (χ3n) is 1.50. The van der Waals surface area contributed by atoms with Crippen molar-refractivity contribution in [3.05, 3.63) is 29.0 Å². The van der Waals surface area contributed by atoms with Crippen molar-refractivity contribution < 1.29 is 0 Å². The van der Waals surface area contributed by atoms with Crippen LogP contribution in [0.25, 0.3) is 0 Å². The third-order valence-corrected chi connectivity index (χ3v) is 1.84. The molecule has 1 N–H and O–H groups in total. The molecule has 0 aromatic carbocycles. The summed E-state index contributed by atoms with van der Waals surface area (Å²) in [6.45, 7) is 0.948. The van der Waals surface area contributed by atoms with Gasteiger partial charge in [-0.05, 0) is 31.6 Å². The van der Waals surface area contributed by atoms with Gasteiger partial charge in [0.25, 0.3) is 0 Å². The van der Waals surface area contributed by atoms with Crippen molar-refractivity contribution in [2.75, 3.05) is 13.6 Å². The highest BCUT2D eigenvalue weighted by Crippen LogP contribution is 2.12. The Balaban J connectivity index is 2.62. The highest BCUT2D eigenvalue weighted by molar-refractivity contribution is 6.31. The van der Waals surface area contributed by atoms with Crippen molar-refractivity contribution >= 4 is 11.6 Å². The molecule has 0 atom stereocenters. The number of nitrogens with zero attached hydrogens (tertiary/aromatic N) is 1. The lowest BCUT2D eigenvalue weighted by atomic mass is 10.2. The molecule has 0 saturated carbocycles. The number of aromatic nitrogens is 1. The van der Waals surface area contributed by atoms with Crippen molar-refractivity contribution in [2.45, 2.75) is 6.42 Å². The number of halogens is 1. The van der Waals surface area contributed by atoms with Gasteiger partial charge in [-0.1, -0.05) is 11.6 Å². The Bertz CT molecular complexity index is 225. The molecule has 1 aromatic rings. The zero-order chi connectivity index (χ0) is 8.10. The summed E-state index contributed by atoms with van der Waals surface area (Å²) in [7, 11) is 1.93. The van der Waals surface area contributed by atoms with Gasteiger partial charge in [0.05, 0.1) is 5.02 Å². The lowest BCUT2D eigenvalue weighted by molar-refractivity contribution is 0.791. The van der Waals surface area contributed by atoms with E-state index in [1.807, 2.05) is 13.1 Å². The number of hydrogen-bond donors (Lipinski definition) is 1. The van der Waals surface area contributed by atoms with E-state index in [9.17, 15) is 0 Å². The maximum Gasteiger partial charge on any atom is 0.0621 e. The van der Waals surface area contributed by atoms with Gasteiger partial charge in [-0.15, -0.1) is 0 Å². The van der Waals surface area contributed by atoms with Crippen LogP contribution in [0.2, 0.25) is 5.02 Å². The van der Waals surface area contributed by atoms with E-state index in [2.05, 4.69) is 10.3 Å². The zero-order valence-corrected chi connectivity index (χ0v) is 7.23. The first-order valence-corrected chi connectivity index (χ1v) is 3.95. The number of nitrogens with one attached hydrogen (secondary N) is 1. The second-order valence-corrected chi connectivity index (χ2v) is 2.73. The molecule has 1 heterocycles. The summed E-state index contributed by atoms with van der Waals surface area (Å²) in [5.41, 5.74) is 1.15. The van der Waals surface area contributed by atoms with E-state index in [1.54, 1.807) is 12.4 Å². The van der Waals surface area contributed by atoms with Crippen LogP contribution in [0.4, 0.5) is 0 Å². The van der Waals surface area contributed by atoms with Crippen LogP contribution in [0, 0.1) is 0 Å². The van der Waals surface area contributed by atoms with E-state index in [1.165, 1.54) is 0 Å². The van der Waals surface area contributed by atoms with Gasteiger partial charge in [0, 0.05) is 12.4 Å². The molecule has 1 aromatic heterocycles. The van der Waals surface area contributed by atoms with Gasteiger partial charge in [-0.3, -0.25) is 4.98 Å². The second-order valence-electron chi connectivity index (χ2n) is 2.32. The molecule has 60 valence electrons. The van der Waals surface area contributed by atoms with Gasteiger partial charge >= 0.3 is 0 Å².